The van der Waals surface area contributed by atoms with Crippen LogP contribution in [0.4, 0.5) is 18.9 Å². The fraction of sp³-hybridized carbons (Fsp3) is 0.385. The van der Waals surface area contributed by atoms with Crippen LogP contribution in [0.25, 0.3) is 0 Å². The zero-order chi connectivity index (χ0) is 16.8. The van der Waals surface area contributed by atoms with Gasteiger partial charge in [0.2, 0.25) is 11.8 Å². The molecule has 3 N–H and O–H groups in total. The average Bonchev–Trinajstić information content (AvgIpc) is 2.44. The second kappa shape index (κ2) is 7.64. The smallest absolute Gasteiger partial charge is 0.406 e. The normalized spacial score (nSPS) is 12.4. The zero-order valence-corrected chi connectivity index (χ0v) is 12.0. The Balaban J connectivity index is 2.52. The van der Waals surface area contributed by atoms with Gasteiger partial charge in [-0.15, -0.1) is 13.2 Å². The third kappa shape index (κ3) is 6.44. The fourth-order valence-electron chi connectivity index (χ4n) is 1.42. The third-order valence-electron chi connectivity index (χ3n) is 2.60. The molecule has 1 rings (SSSR count). The minimum absolute atomic E-state index is 0.0244. The Morgan fingerprint density at radius 2 is 1.82 bits per heavy atom. The van der Waals surface area contributed by atoms with Crippen LogP contribution in [-0.2, 0) is 9.59 Å². The Labute approximate surface area is 125 Å². The van der Waals surface area contributed by atoms with Gasteiger partial charge in [-0.3, -0.25) is 14.9 Å². The summed E-state index contributed by atoms with van der Waals surface area (Å²) in [7, 11) is 1.47. The number of hydrogen-bond donors (Lipinski definition) is 3. The van der Waals surface area contributed by atoms with E-state index in [1.54, 1.807) is 6.92 Å². The monoisotopic (exact) mass is 319 g/mol. The van der Waals surface area contributed by atoms with Crippen LogP contribution in [0.3, 0.4) is 0 Å². The Hall–Kier alpha value is -2.29. The molecule has 0 aromatic heterocycles. The third-order valence-corrected chi connectivity index (χ3v) is 2.60. The lowest BCUT2D eigenvalue weighted by molar-refractivity contribution is -0.274. The molecule has 0 radical (unpaired) electrons. The van der Waals surface area contributed by atoms with E-state index in [0.29, 0.717) is 5.69 Å². The summed E-state index contributed by atoms with van der Waals surface area (Å²) in [6.45, 7) is 1.53. The molecule has 0 aliphatic carbocycles. The molecule has 1 aromatic carbocycles. The summed E-state index contributed by atoms with van der Waals surface area (Å²) in [4.78, 5) is 22.8. The van der Waals surface area contributed by atoms with Crippen LogP contribution >= 0.6 is 0 Å². The summed E-state index contributed by atoms with van der Waals surface area (Å²) in [5.41, 5.74) is 0.313. The molecule has 0 spiro atoms. The van der Waals surface area contributed by atoms with Gasteiger partial charge in [-0.1, -0.05) is 0 Å². The molecular weight excluding hydrogens is 303 g/mol. The van der Waals surface area contributed by atoms with Crippen LogP contribution < -0.4 is 20.7 Å². The molecule has 0 fully saturated rings. The number of hydrogen-bond acceptors (Lipinski definition) is 4. The molecular formula is C13H16F3N3O3. The van der Waals surface area contributed by atoms with E-state index in [9.17, 15) is 22.8 Å². The molecule has 2 amide bonds. The summed E-state index contributed by atoms with van der Waals surface area (Å²) >= 11 is 0. The van der Waals surface area contributed by atoms with E-state index in [2.05, 4.69) is 20.7 Å². The maximum absolute atomic E-state index is 12.0. The number of halogens is 3. The Morgan fingerprint density at radius 1 is 1.23 bits per heavy atom. The largest absolute Gasteiger partial charge is 0.573 e. The molecule has 0 unspecified atom stereocenters. The highest BCUT2D eigenvalue weighted by atomic mass is 19.4. The summed E-state index contributed by atoms with van der Waals surface area (Å²) in [5, 5.41) is 7.60. The van der Waals surface area contributed by atoms with Crippen LogP contribution in [0.15, 0.2) is 24.3 Å². The van der Waals surface area contributed by atoms with Crippen LogP contribution in [0, 0.1) is 0 Å². The maximum Gasteiger partial charge on any atom is 0.573 e. The number of ether oxygens (including phenoxy) is 1. The maximum atomic E-state index is 12.0. The van der Waals surface area contributed by atoms with Crippen molar-refractivity contribution in [3.63, 3.8) is 0 Å². The minimum Gasteiger partial charge on any atom is -0.406 e. The van der Waals surface area contributed by atoms with Gasteiger partial charge < -0.3 is 15.4 Å². The summed E-state index contributed by atoms with van der Waals surface area (Å²) in [5.74, 6) is -1.07. The second-order valence-electron chi connectivity index (χ2n) is 4.34. The van der Waals surface area contributed by atoms with Gasteiger partial charge in [0.05, 0.1) is 12.6 Å². The number of carbonyl (C=O) groups is 2. The van der Waals surface area contributed by atoms with Crippen LogP contribution in [0.1, 0.15) is 6.92 Å². The minimum atomic E-state index is -4.76. The summed E-state index contributed by atoms with van der Waals surface area (Å²) in [6.07, 6.45) is -4.76. The molecule has 0 saturated heterocycles. The van der Waals surface area contributed by atoms with Crippen molar-refractivity contribution in [1.29, 1.82) is 0 Å². The molecule has 6 nitrogen and oxygen atoms in total. The Morgan fingerprint density at radius 3 is 2.32 bits per heavy atom. The first-order valence-corrected chi connectivity index (χ1v) is 6.32. The first-order valence-electron chi connectivity index (χ1n) is 6.32. The van der Waals surface area contributed by atoms with Crippen LogP contribution in [-0.4, -0.2) is 37.8 Å². The van der Waals surface area contributed by atoms with Crippen molar-refractivity contribution in [3.8, 4) is 5.75 Å². The van der Waals surface area contributed by atoms with Crippen molar-refractivity contribution in [2.45, 2.75) is 19.3 Å². The topological polar surface area (TPSA) is 79.5 Å². The molecule has 1 atom stereocenters. The van der Waals surface area contributed by atoms with Gasteiger partial charge in [0.15, 0.2) is 0 Å². The van der Waals surface area contributed by atoms with E-state index in [4.69, 9.17) is 0 Å². The molecule has 0 bridgehead atoms. The van der Waals surface area contributed by atoms with E-state index < -0.39 is 18.3 Å². The van der Waals surface area contributed by atoms with Gasteiger partial charge >= 0.3 is 6.36 Å². The van der Waals surface area contributed by atoms with Gasteiger partial charge in [0.1, 0.15) is 5.75 Å². The highest BCUT2D eigenvalue weighted by molar-refractivity contribution is 5.94. The number of anilines is 1. The van der Waals surface area contributed by atoms with E-state index in [-0.39, 0.29) is 18.2 Å². The predicted octanol–water partition coefficient (Wildman–Crippen LogP) is 1.25. The molecule has 1 aromatic rings. The number of benzene rings is 1. The standard InChI is InChI=1S/C13H16F3N3O3/c1-8(18-7-11(20)17-2)12(21)19-9-3-5-10(6-4-9)22-13(14,15)16/h3-6,8,18H,7H2,1-2H3,(H,17,20)(H,19,21)/t8-/m1/s1. The number of amides is 2. The van der Waals surface area contributed by atoms with Crippen molar-refractivity contribution < 1.29 is 27.5 Å². The molecule has 22 heavy (non-hydrogen) atoms. The van der Waals surface area contributed by atoms with Gasteiger partial charge in [-0.05, 0) is 31.2 Å². The first-order chi connectivity index (χ1) is 10.2. The zero-order valence-electron chi connectivity index (χ0n) is 12.0. The number of rotatable bonds is 6. The molecule has 0 aliphatic rings. The molecule has 9 heteroatoms. The lowest BCUT2D eigenvalue weighted by Gasteiger charge is -2.14. The molecule has 0 saturated carbocycles. The molecule has 0 heterocycles. The van der Waals surface area contributed by atoms with Gasteiger partial charge in [0, 0.05) is 12.7 Å². The number of likely N-dealkylation sites (N-methyl/N-ethyl adjacent to an activating group) is 1. The van der Waals surface area contributed by atoms with Gasteiger partial charge in [-0.2, -0.15) is 0 Å². The average molecular weight is 319 g/mol. The lowest BCUT2D eigenvalue weighted by atomic mass is 10.2. The summed E-state index contributed by atoms with van der Waals surface area (Å²) < 4.78 is 39.7. The van der Waals surface area contributed by atoms with E-state index in [0.717, 1.165) is 12.1 Å². The molecule has 122 valence electrons. The van der Waals surface area contributed by atoms with Crippen molar-refractivity contribution in [3.05, 3.63) is 24.3 Å². The second-order valence-corrected chi connectivity index (χ2v) is 4.34. The first kappa shape index (κ1) is 17.8. The predicted molar refractivity (Wildman–Crippen MR) is 73.3 cm³/mol. The Kier molecular flexibility index (Phi) is 6.17. The fourth-order valence-corrected chi connectivity index (χ4v) is 1.42. The highest BCUT2D eigenvalue weighted by Gasteiger charge is 2.30. The van der Waals surface area contributed by atoms with Gasteiger partial charge in [0.25, 0.3) is 0 Å². The van der Waals surface area contributed by atoms with Crippen LogP contribution in [0.5, 0.6) is 5.75 Å². The van der Waals surface area contributed by atoms with Crippen molar-refractivity contribution in [2.75, 3.05) is 18.9 Å². The number of carbonyl (C=O) groups excluding carboxylic acids is 2. The van der Waals surface area contributed by atoms with Crippen LogP contribution in [0.2, 0.25) is 0 Å². The van der Waals surface area contributed by atoms with Gasteiger partial charge in [-0.25, -0.2) is 0 Å². The van der Waals surface area contributed by atoms with Crippen molar-refractivity contribution >= 4 is 17.5 Å². The Bertz CT molecular complexity index is 518. The SMILES string of the molecule is CNC(=O)CN[C@H](C)C(=O)Nc1ccc(OC(F)(F)F)cc1. The summed E-state index contributed by atoms with van der Waals surface area (Å²) in [6, 6.07) is 4.09. The highest BCUT2D eigenvalue weighted by Crippen LogP contribution is 2.23. The van der Waals surface area contributed by atoms with Crippen molar-refractivity contribution in [1.82, 2.24) is 10.6 Å². The van der Waals surface area contributed by atoms with Crippen molar-refractivity contribution in [2.24, 2.45) is 0 Å². The van der Waals surface area contributed by atoms with E-state index in [1.165, 1.54) is 19.2 Å². The van der Waals surface area contributed by atoms with E-state index in [1.807, 2.05) is 0 Å². The molecule has 0 aliphatic heterocycles. The quantitative estimate of drug-likeness (QED) is 0.737. The number of alkyl halides is 3. The number of nitrogens with one attached hydrogen (secondary N) is 3. The lowest BCUT2D eigenvalue weighted by Crippen LogP contribution is -2.42. The van der Waals surface area contributed by atoms with E-state index >= 15 is 0 Å².